The molecule has 2 saturated heterocycles. The average Bonchev–Trinajstić information content (AvgIpc) is 2.90. The molecule has 10 heteroatoms. The number of amides is 5. The van der Waals surface area contributed by atoms with Crippen LogP contribution in [0.25, 0.3) is 0 Å². The highest BCUT2D eigenvalue weighted by atomic mass is 32.2. The Morgan fingerprint density at radius 3 is 2.43 bits per heavy atom. The number of nitrogens with one attached hydrogen (secondary N) is 1. The van der Waals surface area contributed by atoms with Crippen molar-refractivity contribution in [1.82, 2.24) is 15.1 Å². The number of urea groups is 1. The van der Waals surface area contributed by atoms with E-state index < -0.39 is 46.2 Å². The zero-order chi connectivity index (χ0) is 17.2. The van der Waals surface area contributed by atoms with Gasteiger partial charge in [0.1, 0.15) is 6.54 Å². The van der Waals surface area contributed by atoms with Gasteiger partial charge in [-0.1, -0.05) is 13.3 Å². The normalized spacial score (nSPS) is 23.7. The van der Waals surface area contributed by atoms with Crippen molar-refractivity contribution in [3.05, 3.63) is 0 Å². The van der Waals surface area contributed by atoms with Gasteiger partial charge in [0.25, 0.3) is 0 Å². The number of imide groups is 2. The van der Waals surface area contributed by atoms with E-state index in [2.05, 4.69) is 5.32 Å². The van der Waals surface area contributed by atoms with E-state index in [9.17, 15) is 27.6 Å². The number of hydrogen-bond donors (Lipinski definition) is 1. The third-order valence-corrected chi connectivity index (χ3v) is 5.54. The molecule has 1 N–H and O–H groups in total. The fraction of sp³-hybridized carbons (Fsp3) is 0.692. The predicted octanol–water partition coefficient (Wildman–Crippen LogP) is -1.12. The van der Waals surface area contributed by atoms with E-state index in [1.165, 1.54) is 0 Å². The van der Waals surface area contributed by atoms with Crippen LogP contribution in [0.5, 0.6) is 0 Å². The lowest BCUT2D eigenvalue weighted by molar-refractivity contribution is -0.144. The summed E-state index contributed by atoms with van der Waals surface area (Å²) in [6.07, 6.45) is 1.63. The third-order valence-electron chi connectivity index (χ3n) is 3.77. The zero-order valence-corrected chi connectivity index (χ0v) is 13.6. The van der Waals surface area contributed by atoms with Crippen LogP contribution in [0.4, 0.5) is 4.79 Å². The summed E-state index contributed by atoms with van der Waals surface area (Å²) < 4.78 is 22.7. The highest BCUT2D eigenvalue weighted by Crippen LogP contribution is 2.14. The number of hydrogen-bond acceptors (Lipinski definition) is 6. The van der Waals surface area contributed by atoms with E-state index in [0.717, 1.165) is 11.3 Å². The molecule has 1 atom stereocenters. The Morgan fingerprint density at radius 2 is 1.87 bits per heavy atom. The lowest BCUT2D eigenvalue weighted by Crippen LogP contribution is -2.45. The lowest BCUT2D eigenvalue weighted by atomic mass is 10.2. The number of carbonyl (C=O) groups excluding carboxylic acids is 4. The van der Waals surface area contributed by atoms with Crippen LogP contribution < -0.4 is 5.32 Å². The first-order valence-electron chi connectivity index (χ1n) is 7.42. The molecule has 0 saturated carbocycles. The van der Waals surface area contributed by atoms with Crippen LogP contribution in [-0.4, -0.2) is 72.6 Å². The van der Waals surface area contributed by atoms with Gasteiger partial charge in [-0.25, -0.2) is 18.1 Å². The highest BCUT2D eigenvalue weighted by Gasteiger charge is 2.45. The summed E-state index contributed by atoms with van der Waals surface area (Å²) in [6, 6.07) is -1.32. The minimum atomic E-state index is -3.14. The van der Waals surface area contributed by atoms with Crippen molar-refractivity contribution in [1.29, 1.82) is 0 Å². The van der Waals surface area contributed by atoms with E-state index >= 15 is 0 Å². The van der Waals surface area contributed by atoms with Gasteiger partial charge in [0, 0.05) is 12.6 Å². The fourth-order valence-electron chi connectivity index (χ4n) is 2.53. The van der Waals surface area contributed by atoms with E-state index in [4.69, 9.17) is 0 Å². The minimum Gasteiger partial charge on any atom is -0.351 e. The van der Waals surface area contributed by atoms with Gasteiger partial charge in [-0.2, -0.15) is 0 Å². The molecule has 23 heavy (non-hydrogen) atoms. The van der Waals surface area contributed by atoms with Crippen molar-refractivity contribution in [2.75, 3.05) is 24.6 Å². The summed E-state index contributed by atoms with van der Waals surface area (Å²) in [5.74, 6) is -2.76. The Kier molecular flexibility index (Phi) is 5.03. The van der Waals surface area contributed by atoms with Gasteiger partial charge in [-0.15, -0.1) is 0 Å². The molecule has 2 aliphatic heterocycles. The summed E-state index contributed by atoms with van der Waals surface area (Å²) >= 11 is 0. The highest BCUT2D eigenvalue weighted by molar-refractivity contribution is 7.91. The molecule has 0 aliphatic carbocycles. The van der Waals surface area contributed by atoms with Crippen molar-refractivity contribution in [3.63, 3.8) is 0 Å². The first-order valence-corrected chi connectivity index (χ1v) is 9.24. The zero-order valence-electron chi connectivity index (χ0n) is 12.8. The Bertz CT molecular complexity index is 644. The number of carbonyl (C=O) groups is 4. The maximum atomic E-state index is 12.0. The molecule has 128 valence electrons. The molecule has 0 aromatic heterocycles. The maximum absolute atomic E-state index is 12.0. The molecular formula is C13H19N3O6S. The van der Waals surface area contributed by atoms with Gasteiger partial charge in [0.15, 0.2) is 9.84 Å². The smallest absolute Gasteiger partial charge is 0.334 e. The van der Waals surface area contributed by atoms with Gasteiger partial charge in [-0.3, -0.25) is 19.3 Å². The van der Waals surface area contributed by atoms with Gasteiger partial charge in [-0.05, 0) is 12.8 Å². The van der Waals surface area contributed by atoms with Gasteiger partial charge >= 0.3 is 17.8 Å². The molecule has 0 aromatic rings. The first-order chi connectivity index (χ1) is 10.7. The molecule has 9 nitrogen and oxygen atoms in total. The summed E-state index contributed by atoms with van der Waals surface area (Å²) in [4.78, 5) is 48.9. The second-order valence-electron chi connectivity index (χ2n) is 5.65. The van der Waals surface area contributed by atoms with Crippen LogP contribution in [-0.2, 0) is 24.2 Å². The van der Waals surface area contributed by atoms with Crippen molar-refractivity contribution < 1.29 is 27.6 Å². The molecule has 1 unspecified atom stereocenters. The van der Waals surface area contributed by atoms with E-state index in [0.29, 0.717) is 17.7 Å². The van der Waals surface area contributed by atoms with Crippen LogP contribution in [0.2, 0.25) is 0 Å². The Morgan fingerprint density at radius 1 is 1.22 bits per heavy atom. The molecule has 2 heterocycles. The predicted molar refractivity (Wildman–Crippen MR) is 78.9 cm³/mol. The molecule has 2 rings (SSSR count). The molecule has 0 aromatic carbocycles. The first kappa shape index (κ1) is 17.4. The van der Waals surface area contributed by atoms with Crippen molar-refractivity contribution in [2.45, 2.75) is 32.2 Å². The maximum Gasteiger partial charge on any atom is 0.334 e. The van der Waals surface area contributed by atoms with Crippen molar-refractivity contribution in [2.24, 2.45) is 0 Å². The minimum absolute atomic E-state index is 0.00278. The molecule has 2 fully saturated rings. The molecular weight excluding hydrogens is 326 g/mol. The second-order valence-corrected chi connectivity index (χ2v) is 7.88. The number of sulfone groups is 1. The molecule has 0 radical (unpaired) electrons. The molecule has 5 amide bonds. The summed E-state index contributed by atoms with van der Waals surface area (Å²) in [6.45, 7) is 1.44. The summed E-state index contributed by atoms with van der Waals surface area (Å²) in [5, 5.41) is 2.48. The van der Waals surface area contributed by atoms with Crippen LogP contribution in [0.15, 0.2) is 0 Å². The van der Waals surface area contributed by atoms with Crippen LogP contribution >= 0.6 is 0 Å². The molecule has 0 spiro atoms. The molecule has 0 bridgehead atoms. The van der Waals surface area contributed by atoms with Crippen LogP contribution in [0.1, 0.15) is 26.2 Å². The van der Waals surface area contributed by atoms with Crippen molar-refractivity contribution >= 4 is 33.6 Å². The number of unbranched alkanes of at least 4 members (excludes halogenated alkanes) is 1. The van der Waals surface area contributed by atoms with Crippen molar-refractivity contribution in [3.8, 4) is 0 Å². The SMILES string of the molecule is CCCCN1C(=O)C(=O)N(CC(=O)NC2CCS(=O)(=O)C2)C1=O. The monoisotopic (exact) mass is 345 g/mol. The number of nitrogens with zero attached hydrogens (tertiary/aromatic N) is 2. The Labute approximate surface area is 133 Å². The van der Waals surface area contributed by atoms with Gasteiger partial charge in [0.05, 0.1) is 11.5 Å². The summed E-state index contributed by atoms with van der Waals surface area (Å²) in [5.41, 5.74) is 0. The average molecular weight is 345 g/mol. The molecule has 2 aliphatic rings. The number of rotatable bonds is 6. The van der Waals surface area contributed by atoms with Gasteiger partial charge < -0.3 is 5.32 Å². The lowest BCUT2D eigenvalue weighted by Gasteiger charge is -2.16. The Hall–Kier alpha value is -1.97. The van der Waals surface area contributed by atoms with E-state index in [-0.39, 0.29) is 18.1 Å². The van der Waals surface area contributed by atoms with Gasteiger partial charge in [0.2, 0.25) is 5.91 Å². The quantitative estimate of drug-likeness (QED) is 0.481. The van der Waals surface area contributed by atoms with Crippen LogP contribution in [0, 0.1) is 0 Å². The topological polar surface area (TPSA) is 121 Å². The second kappa shape index (κ2) is 6.65. The fourth-order valence-corrected chi connectivity index (χ4v) is 4.20. The van der Waals surface area contributed by atoms with Crippen LogP contribution in [0.3, 0.4) is 0 Å². The Balaban J connectivity index is 1.94. The van der Waals surface area contributed by atoms with E-state index in [1.807, 2.05) is 6.92 Å². The largest absolute Gasteiger partial charge is 0.351 e. The third kappa shape index (κ3) is 3.87. The standard InChI is InChI=1S/C13H19N3O6S/c1-2-3-5-15-11(18)12(19)16(13(15)20)7-10(17)14-9-4-6-23(21,22)8-9/h9H,2-8H2,1H3,(H,14,17). The van der Waals surface area contributed by atoms with E-state index in [1.54, 1.807) is 0 Å². The summed E-state index contributed by atoms with van der Waals surface area (Å²) in [7, 11) is -3.14.